The third kappa shape index (κ3) is 14.3. The number of ether oxygens (including phenoxy) is 2. The number of pyridine rings is 2. The van der Waals surface area contributed by atoms with Gasteiger partial charge in [-0.25, -0.2) is 13.8 Å². The van der Waals surface area contributed by atoms with Crippen LogP contribution in [0.1, 0.15) is 48.2 Å². The molecule has 41 heavy (non-hydrogen) atoms. The lowest BCUT2D eigenvalue weighted by atomic mass is 10.1. The monoisotopic (exact) mass is 589 g/mol. The van der Waals surface area contributed by atoms with Gasteiger partial charge in [0.2, 0.25) is 0 Å². The van der Waals surface area contributed by atoms with Crippen LogP contribution in [0.25, 0.3) is 0 Å². The first kappa shape index (κ1) is 37.0. The summed E-state index contributed by atoms with van der Waals surface area (Å²) in [5, 5.41) is 0.313. The molecular formula is C31H42ClF2N5O2. The van der Waals surface area contributed by atoms with Gasteiger partial charge in [0, 0.05) is 42.4 Å². The summed E-state index contributed by atoms with van der Waals surface area (Å²) in [5.74, 6) is 1.45. The molecule has 0 saturated heterocycles. The third-order valence-electron chi connectivity index (χ3n) is 4.52. The molecule has 0 saturated carbocycles. The minimum absolute atomic E-state index is 0. The third-order valence-corrected chi connectivity index (χ3v) is 4.73. The maximum atomic E-state index is 13.3. The van der Waals surface area contributed by atoms with Crippen molar-refractivity contribution in [2.24, 2.45) is 11.7 Å². The molecule has 224 valence electrons. The lowest BCUT2D eigenvalue weighted by molar-refractivity contribution is 0.474. The van der Waals surface area contributed by atoms with Gasteiger partial charge in [0.05, 0.1) is 11.4 Å². The summed E-state index contributed by atoms with van der Waals surface area (Å²) >= 11 is 5.68. The van der Waals surface area contributed by atoms with Crippen LogP contribution in [0, 0.1) is 17.6 Å². The van der Waals surface area contributed by atoms with Crippen molar-refractivity contribution in [2.45, 2.75) is 55.0 Å². The quantitative estimate of drug-likeness (QED) is 0.152. The normalized spacial score (nSPS) is 9.80. The fourth-order valence-electron chi connectivity index (χ4n) is 2.91. The molecule has 0 aliphatic heterocycles. The van der Waals surface area contributed by atoms with Crippen LogP contribution in [0.2, 0.25) is 5.15 Å². The SMILES string of the molecule is C.C.CC(C)Cc1cc(Oc2ccc(N)c(F)c2)ccn1.CC(C)N.Nc1ccc(Oc2ccnc(Cl)c2)cc1F. The van der Waals surface area contributed by atoms with Crippen molar-refractivity contribution in [3.8, 4) is 23.0 Å². The maximum absolute atomic E-state index is 13.3. The molecule has 6 N–H and O–H groups in total. The second-order valence-corrected chi connectivity index (χ2v) is 9.60. The molecule has 0 amide bonds. The van der Waals surface area contributed by atoms with Crippen molar-refractivity contribution in [1.29, 1.82) is 0 Å². The Morgan fingerprint density at radius 3 is 1.54 bits per heavy atom. The molecule has 0 atom stereocenters. The molecule has 0 bridgehead atoms. The molecule has 4 aromatic rings. The maximum Gasteiger partial charge on any atom is 0.149 e. The summed E-state index contributed by atoms with van der Waals surface area (Å²) in [6, 6.07) is 15.7. The number of anilines is 2. The first-order chi connectivity index (χ1) is 18.4. The first-order valence-corrected chi connectivity index (χ1v) is 12.6. The number of nitrogens with two attached hydrogens (primary N) is 3. The Bertz CT molecular complexity index is 1340. The smallest absolute Gasteiger partial charge is 0.149 e. The van der Waals surface area contributed by atoms with Crippen molar-refractivity contribution in [3.63, 3.8) is 0 Å². The van der Waals surface area contributed by atoms with E-state index < -0.39 is 11.6 Å². The fourth-order valence-corrected chi connectivity index (χ4v) is 3.08. The molecule has 0 aliphatic rings. The zero-order valence-electron chi connectivity index (χ0n) is 22.4. The van der Waals surface area contributed by atoms with Gasteiger partial charge in [-0.3, -0.25) is 4.98 Å². The van der Waals surface area contributed by atoms with Crippen LogP contribution in [0.4, 0.5) is 20.2 Å². The number of nitrogen functional groups attached to an aromatic ring is 2. The average molecular weight is 590 g/mol. The van der Waals surface area contributed by atoms with Gasteiger partial charge in [0.1, 0.15) is 39.8 Å². The number of rotatable bonds is 6. The minimum Gasteiger partial charge on any atom is -0.457 e. The van der Waals surface area contributed by atoms with E-state index >= 15 is 0 Å². The number of nitrogens with zero attached hydrogens (tertiary/aromatic N) is 2. The molecule has 0 radical (unpaired) electrons. The summed E-state index contributed by atoms with van der Waals surface area (Å²) in [6.07, 6.45) is 4.08. The molecular weight excluding hydrogens is 548 g/mol. The van der Waals surface area contributed by atoms with Crippen LogP contribution in [-0.4, -0.2) is 16.0 Å². The predicted octanol–water partition coefficient (Wildman–Crippen LogP) is 8.67. The van der Waals surface area contributed by atoms with E-state index in [1.54, 1.807) is 30.5 Å². The predicted molar refractivity (Wildman–Crippen MR) is 167 cm³/mol. The number of hydrogen-bond acceptors (Lipinski definition) is 7. The zero-order chi connectivity index (χ0) is 28.9. The van der Waals surface area contributed by atoms with Crippen LogP contribution in [0.15, 0.2) is 73.1 Å². The largest absolute Gasteiger partial charge is 0.457 e. The highest BCUT2D eigenvalue weighted by Gasteiger charge is 2.05. The van der Waals surface area contributed by atoms with E-state index in [-0.39, 0.29) is 26.2 Å². The zero-order valence-corrected chi connectivity index (χ0v) is 23.1. The van der Waals surface area contributed by atoms with Crippen molar-refractivity contribution in [2.75, 3.05) is 11.5 Å². The van der Waals surface area contributed by atoms with Gasteiger partial charge in [-0.05, 0) is 54.8 Å². The van der Waals surface area contributed by atoms with Gasteiger partial charge in [-0.15, -0.1) is 0 Å². The van der Waals surface area contributed by atoms with E-state index in [0.29, 0.717) is 40.1 Å². The highest BCUT2D eigenvalue weighted by Crippen LogP contribution is 2.26. The average Bonchev–Trinajstić information content (AvgIpc) is 2.84. The van der Waals surface area contributed by atoms with Gasteiger partial charge in [0.15, 0.2) is 0 Å². The molecule has 4 rings (SSSR count). The van der Waals surface area contributed by atoms with Crippen molar-refractivity contribution >= 4 is 23.0 Å². The second kappa shape index (κ2) is 18.4. The van der Waals surface area contributed by atoms with Crippen molar-refractivity contribution in [1.82, 2.24) is 9.97 Å². The molecule has 0 spiro atoms. The van der Waals surface area contributed by atoms with Gasteiger partial charge in [-0.1, -0.05) is 54.1 Å². The number of benzene rings is 2. The van der Waals surface area contributed by atoms with Gasteiger partial charge >= 0.3 is 0 Å². The molecule has 2 aromatic carbocycles. The Morgan fingerprint density at radius 1 is 0.707 bits per heavy atom. The van der Waals surface area contributed by atoms with Gasteiger partial charge in [0.25, 0.3) is 0 Å². The van der Waals surface area contributed by atoms with E-state index in [1.165, 1.54) is 36.5 Å². The Balaban J connectivity index is 0.000000668. The van der Waals surface area contributed by atoms with Crippen molar-refractivity contribution in [3.05, 3.63) is 95.5 Å². The summed E-state index contributed by atoms with van der Waals surface area (Å²) in [5.41, 5.74) is 17.0. The van der Waals surface area contributed by atoms with Crippen LogP contribution in [-0.2, 0) is 6.42 Å². The van der Waals surface area contributed by atoms with E-state index in [0.717, 1.165) is 12.1 Å². The van der Waals surface area contributed by atoms with Gasteiger partial charge in [-0.2, -0.15) is 0 Å². The highest BCUT2D eigenvalue weighted by molar-refractivity contribution is 6.29. The first-order valence-electron chi connectivity index (χ1n) is 12.2. The molecule has 2 aromatic heterocycles. The van der Waals surface area contributed by atoms with Gasteiger partial charge < -0.3 is 26.7 Å². The summed E-state index contributed by atoms with van der Waals surface area (Å²) in [4.78, 5) is 8.08. The van der Waals surface area contributed by atoms with E-state index in [1.807, 2.05) is 19.9 Å². The highest BCUT2D eigenvalue weighted by atomic mass is 35.5. The topological polar surface area (TPSA) is 122 Å². The Hall–Kier alpha value is -3.95. The van der Waals surface area contributed by atoms with E-state index in [4.69, 9.17) is 38.3 Å². The Labute approximate surface area is 247 Å². The van der Waals surface area contributed by atoms with E-state index in [9.17, 15) is 8.78 Å². The van der Waals surface area contributed by atoms with E-state index in [2.05, 4.69) is 23.8 Å². The summed E-state index contributed by atoms with van der Waals surface area (Å²) in [6.45, 7) is 8.15. The fraction of sp³-hybridized carbons (Fsp3) is 0.290. The molecule has 0 aliphatic carbocycles. The van der Waals surface area contributed by atoms with Crippen LogP contribution in [0.3, 0.4) is 0 Å². The lowest BCUT2D eigenvalue weighted by Crippen LogP contribution is -2.06. The van der Waals surface area contributed by atoms with Crippen LogP contribution < -0.4 is 26.7 Å². The van der Waals surface area contributed by atoms with Crippen LogP contribution in [0.5, 0.6) is 23.0 Å². The lowest BCUT2D eigenvalue weighted by Gasteiger charge is -2.09. The summed E-state index contributed by atoms with van der Waals surface area (Å²) in [7, 11) is 0. The molecule has 2 heterocycles. The van der Waals surface area contributed by atoms with Crippen molar-refractivity contribution < 1.29 is 18.3 Å². The Kier molecular flexibility index (Phi) is 16.6. The number of aromatic nitrogens is 2. The number of hydrogen-bond donors (Lipinski definition) is 3. The minimum atomic E-state index is -0.516. The second-order valence-electron chi connectivity index (χ2n) is 9.21. The molecule has 0 unspecified atom stereocenters. The molecule has 7 nitrogen and oxygen atoms in total. The summed E-state index contributed by atoms with van der Waals surface area (Å²) < 4.78 is 37.4. The Morgan fingerprint density at radius 2 is 1.12 bits per heavy atom. The molecule has 0 fully saturated rings. The molecule has 10 heteroatoms. The standard InChI is InChI=1S/C15H17FN2O.C11H8ClFN2O.C3H9N.2CH4/c1-10(2)7-11-8-13(5-6-18-11)19-12-3-4-15(17)14(16)9-12;12-11-6-8(3-4-15-11)16-7-1-2-10(14)9(13)5-7;1-3(2)4;;/h3-6,8-10H,7,17H2,1-2H3;1-6H,14H2;3H,4H2,1-2H3;2*1H4. The van der Waals surface area contributed by atoms with Crippen LogP contribution >= 0.6 is 11.6 Å². The number of halogens is 3.